The highest BCUT2D eigenvalue weighted by atomic mass is 19.4. The molecule has 0 aliphatic rings. The van der Waals surface area contributed by atoms with Crippen LogP contribution in [0.4, 0.5) is 17.6 Å². The van der Waals surface area contributed by atoms with Crippen LogP contribution in [0.5, 0.6) is 5.75 Å². The van der Waals surface area contributed by atoms with Gasteiger partial charge in [0.15, 0.2) is 0 Å². The summed E-state index contributed by atoms with van der Waals surface area (Å²) in [5.41, 5.74) is -1.43. The van der Waals surface area contributed by atoms with Gasteiger partial charge in [-0.2, -0.15) is 17.6 Å². The Morgan fingerprint density at radius 2 is 1.94 bits per heavy atom. The van der Waals surface area contributed by atoms with Gasteiger partial charge in [0.1, 0.15) is 5.75 Å². The number of benzene rings is 1. The lowest BCUT2D eigenvalue weighted by atomic mass is 10.1. The molecule has 6 heteroatoms. The highest BCUT2D eigenvalue weighted by Gasteiger charge is 2.33. The van der Waals surface area contributed by atoms with Crippen LogP contribution in [0.1, 0.15) is 5.56 Å². The van der Waals surface area contributed by atoms with E-state index in [2.05, 4.69) is 4.98 Å². The number of halogens is 4. The van der Waals surface area contributed by atoms with Gasteiger partial charge in [0.2, 0.25) is 5.95 Å². The van der Waals surface area contributed by atoms with E-state index >= 15 is 0 Å². The molecule has 2 rings (SSSR count). The molecule has 0 saturated heterocycles. The van der Waals surface area contributed by atoms with E-state index in [1.54, 1.807) is 0 Å². The van der Waals surface area contributed by atoms with Crippen LogP contribution < -0.4 is 4.74 Å². The summed E-state index contributed by atoms with van der Waals surface area (Å²) < 4.78 is 56.0. The predicted molar refractivity (Wildman–Crippen MR) is 53.3 cm³/mol. The molecule has 17 heavy (non-hydrogen) atoms. The van der Waals surface area contributed by atoms with Gasteiger partial charge < -0.3 is 4.74 Å². The Bertz CT molecular complexity index is 565. The van der Waals surface area contributed by atoms with Crippen LogP contribution in [0.15, 0.2) is 24.3 Å². The second-order valence-electron chi connectivity index (χ2n) is 3.35. The van der Waals surface area contributed by atoms with Crippen LogP contribution in [0.25, 0.3) is 10.9 Å². The lowest BCUT2D eigenvalue weighted by molar-refractivity contribution is -0.136. The smallest absolute Gasteiger partial charge is 0.418 e. The maximum absolute atomic E-state index is 13.1. The summed E-state index contributed by atoms with van der Waals surface area (Å²) in [6.07, 6.45) is -4.58. The van der Waals surface area contributed by atoms with Crippen LogP contribution in [-0.2, 0) is 6.18 Å². The molecule has 0 spiro atoms. The van der Waals surface area contributed by atoms with Gasteiger partial charge in [-0.05, 0) is 12.1 Å². The van der Waals surface area contributed by atoms with Crippen molar-refractivity contribution in [2.24, 2.45) is 0 Å². The number of alkyl halides is 3. The average Bonchev–Trinajstić information content (AvgIpc) is 2.25. The number of aromatic nitrogens is 1. The van der Waals surface area contributed by atoms with Gasteiger partial charge in [0, 0.05) is 11.5 Å². The molecule has 0 N–H and O–H groups in total. The van der Waals surface area contributed by atoms with Crippen molar-refractivity contribution in [3.05, 3.63) is 35.8 Å². The van der Waals surface area contributed by atoms with Crippen molar-refractivity contribution in [3.8, 4) is 5.75 Å². The standard InChI is InChI=1S/C11H7F4NO/c1-17-8-5-9(12)16-10-6(8)3-2-4-7(10)11(13,14)15/h2-5H,1H3. The SMILES string of the molecule is COc1cc(F)nc2c(C(F)(F)F)cccc12. The number of nitrogens with zero attached hydrogens (tertiary/aromatic N) is 1. The number of methoxy groups -OCH3 is 1. The summed E-state index contributed by atoms with van der Waals surface area (Å²) in [6, 6.07) is 4.43. The fourth-order valence-corrected chi connectivity index (χ4v) is 1.59. The van der Waals surface area contributed by atoms with Crippen molar-refractivity contribution in [2.45, 2.75) is 6.18 Å². The minimum atomic E-state index is -4.58. The van der Waals surface area contributed by atoms with E-state index in [1.165, 1.54) is 19.2 Å². The van der Waals surface area contributed by atoms with E-state index in [0.29, 0.717) is 0 Å². The molecule has 1 aromatic carbocycles. The number of hydrogen-bond donors (Lipinski definition) is 0. The van der Waals surface area contributed by atoms with Gasteiger partial charge in [-0.3, -0.25) is 0 Å². The first-order chi connectivity index (χ1) is 7.93. The van der Waals surface area contributed by atoms with Crippen molar-refractivity contribution in [1.29, 1.82) is 0 Å². The summed E-state index contributed by atoms with van der Waals surface area (Å²) >= 11 is 0. The largest absolute Gasteiger partial charge is 0.496 e. The van der Waals surface area contributed by atoms with Crippen molar-refractivity contribution < 1.29 is 22.3 Å². The lowest BCUT2D eigenvalue weighted by Crippen LogP contribution is -2.07. The van der Waals surface area contributed by atoms with E-state index in [0.717, 1.165) is 12.1 Å². The second-order valence-corrected chi connectivity index (χ2v) is 3.35. The molecular formula is C11H7F4NO. The number of para-hydroxylation sites is 1. The molecule has 0 atom stereocenters. The van der Waals surface area contributed by atoms with Crippen LogP contribution in [0.2, 0.25) is 0 Å². The summed E-state index contributed by atoms with van der Waals surface area (Å²) in [5, 5.41) is 0.128. The maximum atomic E-state index is 13.1. The zero-order valence-corrected chi connectivity index (χ0v) is 8.68. The molecule has 90 valence electrons. The van der Waals surface area contributed by atoms with Crippen LogP contribution in [0, 0.1) is 5.95 Å². The van der Waals surface area contributed by atoms with Gasteiger partial charge in [0.05, 0.1) is 18.2 Å². The summed E-state index contributed by atoms with van der Waals surface area (Å²) in [5.74, 6) is -0.982. The first-order valence-electron chi connectivity index (χ1n) is 4.64. The molecule has 0 unspecified atom stereocenters. The van der Waals surface area contributed by atoms with E-state index in [1.807, 2.05) is 0 Å². The number of hydrogen-bond acceptors (Lipinski definition) is 2. The Hall–Kier alpha value is -1.85. The van der Waals surface area contributed by atoms with Gasteiger partial charge >= 0.3 is 6.18 Å². The van der Waals surface area contributed by atoms with Gasteiger partial charge in [-0.1, -0.05) is 6.07 Å². The van der Waals surface area contributed by atoms with Crippen molar-refractivity contribution in [1.82, 2.24) is 4.98 Å². The highest BCUT2D eigenvalue weighted by Crippen LogP contribution is 2.36. The molecular weight excluding hydrogens is 238 g/mol. The molecule has 0 radical (unpaired) electrons. The normalized spacial score (nSPS) is 11.8. The summed E-state index contributed by atoms with van der Waals surface area (Å²) in [6.45, 7) is 0. The third kappa shape index (κ3) is 2.02. The van der Waals surface area contributed by atoms with Gasteiger partial charge in [0.25, 0.3) is 0 Å². The molecule has 0 aliphatic heterocycles. The fourth-order valence-electron chi connectivity index (χ4n) is 1.59. The minimum absolute atomic E-state index is 0.0265. The second kappa shape index (κ2) is 3.87. The van der Waals surface area contributed by atoms with E-state index in [-0.39, 0.29) is 11.1 Å². The molecule has 0 saturated carbocycles. The number of pyridine rings is 1. The molecule has 0 bridgehead atoms. The van der Waals surface area contributed by atoms with Crippen molar-refractivity contribution >= 4 is 10.9 Å². The minimum Gasteiger partial charge on any atom is -0.496 e. The van der Waals surface area contributed by atoms with Crippen molar-refractivity contribution in [3.63, 3.8) is 0 Å². The Morgan fingerprint density at radius 1 is 1.24 bits per heavy atom. The van der Waals surface area contributed by atoms with Gasteiger partial charge in [-0.15, -0.1) is 0 Å². The highest BCUT2D eigenvalue weighted by molar-refractivity contribution is 5.87. The summed E-state index contributed by atoms with van der Waals surface area (Å²) in [7, 11) is 1.26. The molecule has 0 fully saturated rings. The van der Waals surface area contributed by atoms with Gasteiger partial charge in [-0.25, -0.2) is 4.98 Å². The molecule has 0 aliphatic carbocycles. The molecule has 0 amide bonds. The Morgan fingerprint density at radius 3 is 2.53 bits per heavy atom. The number of fused-ring (bicyclic) bond motifs is 1. The zero-order chi connectivity index (χ0) is 12.6. The Kier molecular flexibility index (Phi) is 2.65. The predicted octanol–water partition coefficient (Wildman–Crippen LogP) is 3.40. The zero-order valence-electron chi connectivity index (χ0n) is 8.68. The quantitative estimate of drug-likeness (QED) is 0.567. The Balaban J connectivity index is 2.85. The molecule has 1 heterocycles. The molecule has 1 aromatic heterocycles. The maximum Gasteiger partial charge on any atom is 0.418 e. The van der Waals surface area contributed by atoms with Crippen LogP contribution >= 0.6 is 0 Å². The average molecular weight is 245 g/mol. The van der Waals surface area contributed by atoms with Crippen LogP contribution in [0.3, 0.4) is 0 Å². The third-order valence-corrected chi connectivity index (χ3v) is 2.30. The number of rotatable bonds is 1. The van der Waals surface area contributed by atoms with Crippen LogP contribution in [-0.4, -0.2) is 12.1 Å². The molecule has 2 nitrogen and oxygen atoms in total. The topological polar surface area (TPSA) is 22.1 Å². The number of ether oxygens (including phenoxy) is 1. The van der Waals surface area contributed by atoms with E-state index in [9.17, 15) is 17.6 Å². The van der Waals surface area contributed by atoms with Crippen molar-refractivity contribution in [2.75, 3.05) is 7.11 Å². The third-order valence-electron chi connectivity index (χ3n) is 2.30. The first-order valence-corrected chi connectivity index (χ1v) is 4.64. The molecule has 2 aromatic rings. The van der Waals surface area contributed by atoms with E-state index in [4.69, 9.17) is 4.74 Å². The Labute approximate surface area is 93.8 Å². The van der Waals surface area contributed by atoms with E-state index < -0.39 is 23.2 Å². The summed E-state index contributed by atoms with van der Waals surface area (Å²) in [4.78, 5) is 3.28. The monoisotopic (exact) mass is 245 g/mol. The fraction of sp³-hybridized carbons (Fsp3) is 0.182. The lowest BCUT2D eigenvalue weighted by Gasteiger charge is -2.11. The first kappa shape index (κ1) is 11.6.